The summed E-state index contributed by atoms with van der Waals surface area (Å²) in [5, 5.41) is 14.9. The molecule has 5 rings (SSSR count). The van der Waals surface area contributed by atoms with Gasteiger partial charge >= 0.3 is 0 Å². The quantitative estimate of drug-likeness (QED) is 0.323. The SMILES string of the molecule is NC1NN2CC(F)CNC2C1C(=O)NC1=CNCCC1N1CCNC1C1CC1. The van der Waals surface area contributed by atoms with Crippen molar-refractivity contribution in [1.82, 2.24) is 36.6 Å². The Hall–Kier alpha value is -1.30. The van der Waals surface area contributed by atoms with Crippen LogP contribution in [0.5, 0.6) is 0 Å². The molecule has 4 fully saturated rings. The summed E-state index contributed by atoms with van der Waals surface area (Å²) in [5.74, 6) is 0.134. The van der Waals surface area contributed by atoms with Gasteiger partial charge in [0.2, 0.25) is 5.91 Å². The highest BCUT2D eigenvalue weighted by Gasteiger charge is 2.48. The van der Waals surface area contributed by atoms with Crippen molar-refractivity contribution in [3.8, 4) is 0 Å². The van der Waals surface area contributed by atoms with Gasteiger partial charge in [-0.05, 0) is 25.2 Å². The maximum Gasteiger partial charge on any atom is 0.233 e. The van der Waals surface area contributed by atoms with Crippen molar-refractivity contribution in [1.29, 1.82) is 0 Å². The van der Waals surface area contributed by atoms with Gasteiger partial charge in [-0.2, -0.15) is 0 Å². The third kappa shape index (κ3) is 3.42. The predicted octanol–water partition coefficient (Wildman–Crippen LogP) is -2.06. The van der Waals surface area contributed by atoms with E-state index in [1.165, 1.54) is 12.8 Å². The van der Waals surface area contributed by atoms with Crippen molar-refractivity contribution in [3.05, 3.63) is 11.9 Å². The Bertz CT molecular complexity index is 643. The van der Waals surface area contributed by atoms with Crippen molar-refractivity contribution in [2.45, 2.75) is 50.0 Å². The fourth-order valence-electron chi connectivity index (χ4n) is 5.12. The van der Waals surface area contributed by atoms with E-state index in [4.69, 9.17) is 5.73 Å². The molecule has 6 atom stereocenters. The Kier molecular flexibility index (Phi) is 5.02. The summed E-state index contributed by atoms with van der Waals surface area (Å²) in [6.45, 7) is 3.38. The number of fused-ring (bicyclic) bond motifs is 1. The van der Waals surface area contributed by atoms with E-state index in [1.807, 2.05) is 6.20 Å². The van der Waals surface area contributed by atoms with Gasteiger partial charge in [-0.1, -0.05) is 0 Å². The van der Waals surface area contributed by atoms with E-state index >= 15 is 0 Å². The lowest BCUT2D eigenvalue weighted by Crippen LogP contribution is -2.59. The molecule has 28 heavy (non-hydrogen) atoms. The number of hydrogen-bond acceptors (Lipinski definition) is 8. The second-order valence-corrected chi connectivity index (χ2v) is 8.61. The smallest absolute Gasteiger partial charge is 0.233 e. The highest BCUT2D eigenvalue weighted by atomic mass is 19.1. The van der Waals surface area contributed by atoms with Gasteiger partial charge in [-0.3, -0.25) is 15.0 Å². The van der Waals surface area contributed by atoms with Crippen LogP contribution >= 0.6 is 0 Å². The Balaban J connectivity index is 1.28. The van der Waals surface area contributed by atoms with Crippen LogP contribution in [-0.2, 0) is 4.79 Å². The number of carbonyl (C=O) groups is 1. The summed E-state index contributed by atoms with van der Waals surface area (Å²) in [5.41, 5.74) is 10.1. The summed E-state index contributed by atoms with van der Waals surface area (Å²) in [6, 6.07) is 0.196. The lowest BCUT2D eigenvalue weighted by molar-refractivity contribution is -0.126. The lowest BCUT2D eigenvalue weighted by atomic mass is 10.00. The molecule has 4 heterocycles. The van der Waals surface area contributed by atoms with Gasteiger partial charge in [0.15, 0.2) is 0 Å². The van der Waals surface area contributed by atoms with E-state index in [1.54, 1.807) is 5.01 Å². The van der Waals surface area contributed by atoms with Crippen molar-refractivity contribution in [2.24, 2.45) is 17.6 Å². The van der Waals surface area contributed by atoms with Gasteiger partial charge in [0.1, 0.15) is 6.17 Å². The zero-order valence-electron chi connectivity index (χ0n) is 16.0. The van der Waals surface area contributed by atoms with Crippen LogP contribution in [0.25, 0.3) is 0 Å². The van der Waals surface area contributed by atoms with Gasteiger partial charge < -0.3 is 21.7 Å². The fraction of sp³-hybridized carbons (Fsp3) is 0.833. The van der Waals surface area contributed by atoms with Gasteiger partial charge in [-0.25, -0.2) is 14.8 Å². The van der Waals surface area contributed by atoms with Gasteiger partial charge in [0.25, 0.3) is 0 Å². The van der Waals surface area contributed by atoms with Gasteiger partial charge in [0.05, 0.1) is 36.2 Å². The van der Waals surface area contributed by atoms with Gasteiger partial charge in [0, 0.05) is 38.9 Å². The van der Waals surface area contributed by atoms with Crippen LogP contribution in [-0.4, -0.2) is 79.3 Å². The molecule has 156 valence electrons. The van der Waals surface area contributed by atoms with E-state index in [0.29, 0.717) is 6.17 Å². The molecule has 3 saturated heterocycles. The molecule has 7 N–H and O–H groups in total. The first-order chi connectivity index (χ1) is 13.6. The molecule has 0 spiro atoms. The van der Waals surface area contributed by atoms with E-state index in [-0.39, 0.29) is 31.2 Å². The van der Waals surface area contributed by atoms with Crippen LogP contribution in [0.15, 0.2) is 11.9 Å². The molecule has 10 heteroatoms. The number of alkyl halides is 1. The molecule has 1 saturated carbocycles. The second kappa shape index (κ2) is 7.51. The predicted molar refractivity (Wildman–Crippen MR) is 102 cm³/mol. The summed E-state index contributed by atoms with van der Waals surface area (Å²) in [6.07, 6.45) is 4.09. The van der Waals surface area contributed by atoms with Crippen LogP contribution in [0.3, 0.4) is 0 Å². The third-order valence-corrected chi connectivity index (χ3v) is 6.62. The second-order valence-electron chi connectivity index (χ2n) is 8.61. The zero-order chi connectivity index (χ0) is 19.3. The molecule has 1 amide bonds. The average Bonchev–Trinajstić information content (AvgIpc) is 3.31. The molecule has 0 aromatic heterocycles. The first-order valence-corrected chi connectivity index (χ1v) is 10.5. The van der Waals surface area contributed by atoms with Crippen LogP contribution in [0, 0.1) is 11.8 Å². The van der Waals surface area contributed by atoms with Crippen molar-refractivity contribution < 1.29 is 9.18 Å². The number of nitrogens with one attached hydrogen (secondary N) is 5. The van der Waals surface area contributed by atoms with Crippen LogP contribution in [0.2, 0.25) is 0 Å². The van der Waals surface area contributed by atoms with Crippen molar-refractivity contribution >= 4 is 5.91 Å². The van der Waals surface area contributed by atoms with E-state index in [2.05, 4.69) is 31.6 Å². The topological polar surface area (TPSA) is 110 Å². The molecule has 0 bridgehead atoms. The molecule has 0 aromatic rings. The molecule has 9 nitrogen and oxygen atoms in total. The summed E-state index contributed by atoms with van der Waals surface area (Å²) in [4.78, 5) is 15.7. The Morgan fingerprint density at radius 1 is 1.21 bits per heavy atom. The van der Waals surface area contributed by atoms with E-state index in [9.17, 15) is 9.18 Å². The molecular formula is C18H31FN8O. The number of rotatable bonds is 4. The Labute approximate surface area is 164 Å². The van der Waals surface area contributed by atoms with E-state index < -0.39 is 18.3 Å². The number of nitrogens with two attached hydrogens (primary N) is 1. The maximum absolute atomic E-state index is 13.7. The summed E-state index contributed by atoms with van der Waals surface area (Å²) in [7, 11) is 0. The molecule has 4 aliphatic heterocycles. The van der Waals surface area contributed by atoms with Crippen molar-refractivity contribution in [2.75, 3.05) is 32.7 Å². The highest BCUT2D eigenvalue weighted by molar-refractivity contribution is 5.82. The largest absolute Gasteiger partial charge is 0.389 e. The number of amides is 1. The third-order valence-electron chi connectivity index (χ3n) is 6.62. The van der Waals surface area contributed by atoms with E-state index in [0.717, 1.165) is 37.7 Å². The van der Waals surface area contributed by atoms with Crippen LogP contribution in [0.1, 0.15) is 19.3 Å². The fourth-order valence-corrected chi connectivity index (χ4v) is 5.12. The molecule has 0 aromatic carbocycles. The van der Waals surface area contributed by atoms with Crippen LogP contribution < -0.4 is 32.4 Å². The number of hydrogen-bond donors (Lipinski definition) is 6. The number of halogens is 1. The summed E-state index contributed by atoms with van der Waals surface area (Å²) >= 11 is 0. The monoisotopic (exact) mass is 394 g/mol. The molecule has 6 unspecified atom stereocenters. The standard InChI is InChI=1S/C18H31FN8O/c19-11-7-23-17-14(15(20)25-27(17)9-11)18(28)24-12-8-21-4-3-13(12)26-6-5-22-16(26)10-1-2-10/h8,10-11,13-17,21-23,25H,1-7,9,20H2,(H,24,28). The highest BCUT2D eigenvalue weighted by Crippen LogP contribution is 2.37. The molecular weight excluding hydrogens is 363 g/mol. The minimum atomic E-state index is -0.964. The lowest BCUT2D eigenvalue weighted by Gasteiger charge is -2.37. The molecule has 5 aliphatic rings. The normalized spacial score (nSPS) is 42.0. The average molecular weight is 394 g/mol. The number of nitrogens with zero attached hydrogens (tertiary/aromatic N) is 2. The first kappa shape index (κ1) is 18.7. The number of carbonyl (C=O) groups excluding carboxylic acids is 1. The van der Waals surface area contributed by atoms with Gasteiger partial charge in [-0.15, -0.1) is 0 Å². The minimum absolute atomic E-state index is 0.118. The molecule has 0 radical (unpaired) electrons. The van der Waals surface area contributed by atoms with Crippen molar-refractivity contribution in [3.63, 3.8) is 0 Å². The first-order valence-electron chi connectivity index (χ1n) is 10.5. The Morgan fingerprint density at radius 2 is 2.07 bits per heavy atom. The minimum Gasteiger partial charge on any atom is -0.389 e. The maximum atomic E-state index is 13.7. The zero-order valence-corrected chi connectivity index (χ0v) is 16.0. The Morgan fingerprint density at radius 3 is 2.89 bits per heavy atom. The number of hydrazine groups is 1. The molecule has 1 aliphatic carbocycles. The van der Waals surface area contributed by atoms with Crippen LogP contribution in [0.4, 0.5) is 4.39 Å². The summed E-state index contributed by atoms with van der Waals surface area (Å²) < 4.78 is 13.7.